The fourth-order valence-electron chi connectivity index (χ4n) is 2.85. The number of nitrogens with zero attached hydrogens (tertiary/aromatic N) is 4. The van der Waals surface area contributed by atoms with Crippen molar-refractivity contribution >= 4 is 5.95 Å². The van der Waals surface area contributed by atoms with Gasteiger partial charge >= 0.3 is 0 Å². The third-order valence-electron chi connectivity index (χ3n) is 4.28. The van der Waals surface area contributed by atoms with Gasteiger partial charge in [0, 0.05) is 31.3 Å². The quantitative estimate of drug-likeness (QED) is 0.713. The minimum absolute atomic E-state index is 0.516. The Labute approximate surface area is 153 Å². The fraction of sp³-hybridized carbons (Fsp3) is 0.500. The van der Waals surface area contributed by atoms with E-state index < -0.39 is 0 Å². The third kappa shape index (κ3) is 4.80. The normalized spacial score (nSPS) is 14.8. The highest BCUT2D eigenvalue weighted by molar-refractivity contribution is 5.68. The van der Waals surface area contributed by atoms with Crippen molar-refractivity contribution < 1.29 is 14.2 Å². The third-order valence-corrected chi connectivity index (χ3v) is 4.28. The summed E-state index contributed by atoms with van der Waals surface area (Å²) in [6.07, 6.45) is 2.64. The van der Waals surface area contributed by atoms with Crippen molar-refractivity contribution in [2.75, 3.05) is 58.9 Å². The molecule has 0 saturated carbocycles. The van der Waals surface area contributed by atoms with Gasteiger partial charge < -0.3 is 19.5 Å². The number of methoxy groups -OCH3 is 2. The monoisotopic (exact) mass is 359 g/mol. The van der Waals surface area contributed by atoms with Gasteiger partial charge in [0.15, 0.2) is 0 Å². The van der Waals surface area contributed by atoms with Crippen molar-refractivity contribution in [1.29, 1.82) is 0 Å². The van der Waals surface area contributed by atoms with Crippen molar-refractivity contribution in [1.82, 2.24) is 20.1 Å². The van der Waals surface area contributed by atoms with Gasteiger partial charge in [-0.3, -0.25) is 4.90 Å². The number of morpholine rings is 1. The molecule has 0 radical (unpaired) electrons. The summed E-state index contributed by atoms with van der Waals surface area (Å²) in [5.41, 5.74) is 1.55. The first-order chi connectivity index (χ1) is 12.8. The van der Waals surface area contributed by atoms with Crippen molar-refractivity contribution in [2.45, 2.75) is 6.42 Å². The Hall–Kier alpha value is -2.45. The molecule has 0 unspecified atom stereocenters. The molecule has 26 heavy (non-hydrogen) atoms. The van der Waals surface area contributed by atoms with Crippen LogP contribution in [0.15, 0.2) is 24.4 Å². The Morgan fingerprint density at radius 1 is 1.19 bits per heavy atom. The van der Waals surface area contributed by atoms with Gasteiger partial charge in [-0.2, -0.15) is 5.10 Å². The summed E-state index contributed by atoms with van der Waals surface area (Å²) < 4.78 is 16.0. The van der Waals surface area contributed by atoms with Crippen LogP contribution in [0.2, 0.25) is 0 Å². The van der Waals surface area contributed by atoms with Crippen LogP contribution >= 0.6 is 0 Å². The molecule has 8 heteroatoms. The average Bonchev–Trinajstić information content (AvgIpc) is 2.71. The van der Waals surface area contributed by atoms with Crippen molar-refractivity contribution in [3.63, 3.8) is 0 Å². The van der Waals surface area contributed by atoms with E-state index in [1.54, 1.807) is 20.4 Å². The summed E-state index contributed by atoms with van der Waals surface area (Å²) in [6, 6.07) is 5.60. The first kappa shape index (κ1) is 18.3. The van der Waals surface area contributed by atoms with Gasteiger partial charge in [-0.15, -0.1) is 5.10 Å². The number of nitrogens with one attached hydrogen (secondary N) is 1. The molecule has 8 nitrogen and oxygen atoms in total. The van der Waals surface area contributed by atoms with Gasteiger partial charge in [0.25, 0.3) is 0 Å². The van der Waals surface area contributed by atoms with Crippen LogP contribution in [0.1, 0.15) is 6.42 Å². The van der Waals surface area contributed by atoms with Crippen LogP contribution in [-0.4, -0.2) is 73.7 Å². The minimum Gasteiger partial charge on any atom is -0.497 e. The lowest BCUT2D eigenvalue weighted by molar-refractivity contribution is 0.0378. The summed E-state index contributed by atoms with van der Waals surface area (Å²) in [6.45, 7) is 5.49. The molecule has 0 amide bonds. The highest BCUT2D eigenvalue weighted by Crippen LogP contribution is 2.31. The Kier molecular flexibility index (Phi) is 6.56. The van der Waals surface area contributed by atoms with Crippen molar-refractivity contribution in [3.05, 3.63) is 24.4 Å². The SMILES string of the molecule is COc1ccc(-c2cnnc(NCCCN3CCOCC3)n2)c(OC)c1. The number of rotatable bonds is 8. The second kappa shape index (κ2) is 9.30. The zero-order chi connectivity index (χ0) is 18.2. The summed E-state index contributed by atoms with van der Waals surface area (Å²) in [7, 11) is 3.25. The largest absolute Gasteiger partial charge is 0.497 e. The molecule has 3 rings (SSSR count). The molecular formula is C18H25N5O3. The molecule has 1 aliphatic heterocycles. The van der Waals surface area contributed by atoms with Crippen LogP contribution in [-0.2, 0) is 4.74 Å². The molecule has 1 aromatic carbocycles. The Balaban J connectivity index is 1.59. The second-order valence-electron chi connectivity index (χ2n) is 5.97. The zero-order valence-electron chi connectivity index (χ0n) is 15.3. The summed E-state index contributed by atoms with van der Waals surface area (Å²) in [4.78, 5) is 6.96. The first-order valence-corrected chi connectivity index (χ1v) is 8.76. The highest BCUT2D eigenvalue weighted by Gasteiger charge is 2.12. The lowest BCUT2D eigenvalue weighted by atomic mass is 10.1. The highest BCUT2D eigenvalue weighted by atomic mass is 16.5. The summed E-state index contributed by atoms with van der Waals surface area (Å²) in [5.74, 6) is 1.93. The molecule has 1 fully saturated rings. The predicted octanol–water partition coefficient (Wildman–Crippen LogP) is 1.69. The van der Waals surface area contributed by atoms with Crippen LogP contribution in [0.5, 0.6) is 11.5 Å². The Morgan fingerprint density at radius 2 is 2.04 bits per heavy atom. The number of hydrogen-bond donors (Lipinski definition) is 1. The van der Waals surface area contributed by atoms with Gasteiger partial charge in [0.05, 0.1) is 39.3 Å². The van der Waals surface area contributed by atoms with E-state index in [0.717, 1.165) is 57.1 Å². The maximum Gasteiger partial charge on any atom is 0.243 e. The molecule has 0 atom stereocenters. The van der Waals surface area contributed by atoms with E-state index in [-0.39, 0.29) is 0 Å². The molecule has 2 heterocycles. The molecule has 0 aliphatic carbocycles. The van der Waals surface area contributed by atoms with Gasteiger partial charge in [-0.25, -0.2) is 4.98 Å². The maximum atomic E-state index is 5.44. The van der Waals surface area contributed by atoms with Crippen LogP contribution in [0.25, 0.3) is 11.3 Å². The molecular weight excluding hydrogens is 334 g/mol. The van der Waals surface area contributed by atoms with Gasteiger partial charge in [-0.1, -0.05) is 0 Å². The zero-order valence-corrected chi connectivity index (χ0v) is 15.3. The molecule has 2 aromatic rings. The van der Waals surface area contributed by atoms with Crippen molar-refractivity contribution in [2.24, 2.45) is 0 Å². The Morgan fingerprint density at radius 3 is 2.81 bits per heavy atom. The molecule has 1 saturated heterocycles. The molecule has 0 spiro atoms. The first-order valence-electron chi connectivity index (χ1n) is 8.76. The van der Waals surface area contributed by atoms with Crippen LogP contribution < -0.4 is 14.8 Å². The Bertz CT molecular complexity index is 707. The van der Waals surface area contributed by atoms with Gasteiger partial charge in [0.2, 0.25) is 5.95 Å². The number of ether oxygens (including phenoxy) is 3. The molecule has 140 valence electrons. The van der Waals surface area contributed by atoms with Gasteiger partial charge in [0.1, 0.15) is 11.5 Å². The van der Waals surface area contributed by atoms with E-state index in [1.165, 1.54) is 0 Å². The standard InChI is InChI=1S/C18H25N5O3/c1-24-14-4-5-15(17(12-14)25-2)16-13-20-22-18(21-16)19-6-3-7-23-8-10-26-11-9-23/h4-5,12-13H,3,6-11H2,1-2H3,(H,19,21,22). The number of hydrogen-bond acceptors (Lipinski definition) is 8. The second-order valence-corrected chi connectivity index (χ2v) is 5.97. The van der Waals surface area contributed by atoms with E-state index in [1.807, 2.05) is 18.2 Å². The van der Waals surface area contributed by atoms with E-state index >= 15 is 0 Å². The van der Waals surface area contributed by atoms with Crippen molar-refractivity contribution in [3.8, 4) is 22.8 Å². The van der Waals surface area contributed by atoms with Gasteiger partial charge in [-0.05, 0) is 25.1 Å². The number of aromatic nitrogens is 3. The predicted molar refractivity (Wildman–Crippen MR) is 98.7 cm³/mol. The topological polar surface area (TPSA) is 81.6 Å². The van der Waals surface area contributed by atoms with E-state index in [4.69, 9.17) is 14.2 Å². The number of anilines is 1. The molecule has 1 aromatic heterocycles. The van der Waals surface area contributed by atoms with E-state index in [2.05, 4.69) is 25.4 Å². The number of benzene rings is 1. The lowest BCUT2D eigenvalue weighted by Crippen LogP contribution is -2.37. The summed E-state index contributed by atoms with van der Waals surface area (Å²) in [5, 5.41) is 11.4. The van der Waals surface area contributed by atoms with E-state index in [0.29, 0.717) is 17.4 Å². The maximum absolute atomic E-state index is 5.44. The van der Waals surface area contributed by atoms with Crippen LogP contribution in [0.3, 0.4) is 0 Å². The smallest absolute Gasteiger partial charge is 0.243 e. The molecule has 0 bridgehead atoms. The molecule has 1 aliphatic rings. The average molecular weight is 359 g/mol. The van der Waals surface area contributed by atoms with Crippen LogP contribution in [0.4, 0.5) is 5.95 Å². The van der Waals surface area contributed by atoms with Crippen LogP contribution in [0, 0.1) is 0 Å². The lowest BCUT2D eigenvalue weighted by Gasteiger charge is -2.26. The minimum atomic E-state index is 0.516. The molecule has 1 N–H and O–H groups in total. The fourth-order valence-corrected chi connectivity index (χ4v) is 2.85. The van der Waals surface area contributed by atoms with E-state index in [9.17, 15) is 0 Å². The summed E-state index contributed by atoms with van der Waals surface area (Å²) >= 11 is 0.